The molecule has 0 aliphatic carbocycles. The van der Waals surface area contributed by atoms with Gasteiger partial charge in [0.15, 0.2) is 0 Å². The van der Waals surface area contributed by atoms with Crippen LogP contribution in [0.5, 0.6) is 5.75 Å². The third-order valence-corrected chi connectivity index (χ3v) is 4.36. The summed E-state index contributed by atoms with van der Waals surface area (Å²) in [5, 5.41) is 15.0. The van der Waals surface area contributed by atoms with Crippen molar-refractivity contribution >= 4 is 0 Å². The molecule has 1 aliphatic heterocycles. The molecule has 1 N–H and O–H groups in total. The molecule has 1 saturated heterocycles. The normalized spacial score (nSPS) is 21.7. The van der Waals surface area contributed by atoms with E-state index in [1.807, 2.05) is 42.1 Å². The molecule has 1 aromatic heterocycles. The highest BCUT2D eigenvalue weighted by molar-refractivity contribution is 5.26. The van der Waals surface area contributed by atoms with E-state index in [1.165, 1.54) is 11.1 Å². The van der Waals surface area contributed by atoms with Gasteiger partial charge in [-0.3, -0.25) is 9.58 Å². The van der Waals surface area contributed by atoms with E-state index in [2.05, 4.69) is 23.1 Å². The highest BCUT2D eigenvalue weighted by atomic mass is 16.5. The zero-order chi connectivity index (χ0) is 16.3. The molecular weight excluding hydrogens is 290 g/mol. The van der Waals surface area contributed by atoms with Gasteiger partial charge in [0.2, 0.25) is 0 Å². The van der Waals surface area contributed by atoms with Gasteiger partial charge in [0, 0.05) is 37.9 Å². The third-order valence-electron chi connectivity index (χ3n) is 4.36. The second-order valence-corrected chi connectivity index (χ2v) is 6.49. The maximum Gasteiger partial charge on any atom is 0.119 e. The minimum absolute atomic E-state index is 0.334. The van der Waals surface area contributed by atoms with E-state index in [4.69, 9.17) is 4.74 Å². The second-order valence-electron chi connectivity index (χ2n) is 6.49. The van der Waals surface area contributed by atoms with Gasteiger partial charge >= 0.3 is 0 Å². The lowest BCUT2D eigenvalue weighted by Crippen LogP contribution is -2.39. The largest absolute Gasteiger partial charge is 0.491 e. The van der Waals surface area contributed by atoms with Crippen LogP contribution < -0.4 is 4.74 Å². The van der Waals surface area contributed by atoms with Crippen LogP contribution in [0.15, 0.2) is 36.7 Å². The summed E-state index contributed by atoms with van der Waals surface area (Å²) < 4.78 is 7.70. The minimum atomic E-state index is -0.772. The minimum Gasteiger partial charge on any atom is -0.491 e. The van der Waals surface area contributed by atoms with Crippen LogP contribution >= 0.6 is 0 Å². The van der Waals surface area contributed by atoms with E-state index in [-0.39, 0.29) is 0 Å². The Morgan fingerprint density at radius 1 is 1.30 bits per heavy atom. The molecule has 1 aromatic carbocycles. The van der Waals surface area contributed by atoms with Crippen molar-refractivity contribution in [2.75, 3.05) is 19.7 Å². The molecule has 0 bridgehead atoms. The van der Waals surface area contributed by atoms with Gasteiger partial charge in [-0.05, 0) is 32.4 Å². The molecule has 1 atom stereocenters. The van der Waals surface area contributed by atoms with Gasteiger partial charge in [-0.2, -0.15) is 5.10 Å². The number of hydrogen-bond acceptors (Lipinski definition) is 4. The number of rotatable bonds is 6. The number of aryl methyl sites for hydroxylation is 2. The summed E-state index contributed by atoms with van der Waals surface area (Å²) in [5.74, 6) is 0.812. The zero-order valence-corrected chi connectivity index (χ0v) is 13.9. The van der Waals surface area contributed by atoms with Crippen LogP contribution in [-0.2, 0) is 13.1 Å². The standard InChI is InChI=1S/C18H25N3O2/c1-3-21-12-16(10-19-21)11-20-9-8-18(22,13-20)14-23-17-6-4-15(2)5-7-17/h4-7,10,12,22H,3,8-9,11,13-14H2,1-2H3. The SMILES string of the molecule is CCn1cc(CN2CCC(O)(COc3ccc(C)cc3)C2)cn1. The summed E-state index contributed by atoms with van der Waals surface area (Å²) in [6.07, 6.45) is 4.71. The zero-order valence-electron chi connectivity index (χ0n) is 13.9. The average Bonchev–Trinajstić information content (AvgIpc) is 3.14. The predicted molar refractivity (Wildman–Crippen MR) is 89.4 cm³/mol. The Morgan fingerprint density at radius 3 is 2.78 bits per heavy atom. The van der Waals surface area contributed by atoms with Crippen molar-refractivity contribution in [3.63, 3.8) is 0 Å². The highest BCUT2D eigenvalue weighted by Crippen LogP contribution is 2.24. The van der Waals surface area contributed by atoms with Crippen molar-refractivity contribution < 1.29 is 9.84 Å². The van der Waals surface area contributed by atoms with Crippen molar-refractivity contribution in [1.29, 1.82) is 0 Å². The van der Waals surface area contributed by atoms with Gasteiger partial charge in [0.1, 0.15) is 18.0 Å². The molecule has 1 aliphatic rings. The lowest BCUT2D eigenvalue weighted by Gasteiger charge is -2.23. The van der Waals surface area contributed by atoms with Crippen LogP contribution in [0.4, 0.5) is 0 Å². The van der Waals surface area contributed by atoms with Crippen molar-refractivity contribution in [3.8, 4) is 5.75 Å². The first kappa shape index (κ1) is 16.0. The smallest absolute Gasteiger partial charge is 0.119 e. The summed E-state index contributed by atoms with van der Waals surface area (Å²) in [6, 6.07) is 7.94. The number of aliphatic hydroxyl groups is 1. The lowest BCUT2D eigenvalue weighted by molar-refractivity contribution is 0.00338. The van der Waals surface area contributed by atoms with Crippen molar-refractivity contribution in [3.05, 3.63) is 47.8 Å². The number of β-amino-alcohol motifs (C(OH)–C–C–N with tert-alkyl or cyclic N) is 1. The second kappa shape index (κ2) is 6.72. The first-order chi connectivity index (χ1) is 11.1. The van der Waals surface area contributed by atoms with Crippen LogP contribution in [0.1, 0.15) is 24.5 Å². The molecule has 124 valence electrons. The Labute approximate surface area is 137 Å². The molecule has 2 heterocycles. The molecule has 5 heteroatoms. The lowest BCUT2D eigenvalue weighted by atomic mass is 10.1. The van der Waals surface area contributed by atoms with Crippen LogP contribution in [0.2, 0.25) is 0 Å². The topological polar surface area (TPSA) is 50.5 Å². The van der Waals surface area contributed by atoms with E-state index in [0.717, 1.165) is 31.8 Å². The maximum absolute atomic E-state index is 10.7. The quantitative estimate of drug-likeness (QED) is 0.888. The van der Waals surface area contributed by atoms with Crippen LogP contribution in [0, 0.1) is 6.92 Å². The molecule has 3 rings (SSSR count). The van der Waals surface area contributed by atoms with Crippen LogP contribution in [0.3, 0.4) is 0 Å². The summed E-state index contributed by atoms with van der Waals surface area (Å²) >= 11 is 0. The summed E-state index contributed by atoms with van der Waals surface area (Å²) in [6.45, 7) is 7.68. The van der Waals surface area contributed by atoms with E-state index in [1.54, 1.807) is 0 Å². The Balaban J connectivity index is 1.51. The molecule has 5 nitrogen and oxygen atoms in total. The Morgan fingerprint density at radius 2 is 2.09 bits per heavy atom. The summed E-state index contributed by atoms with van der Waals surface area (Å²) in [7, 11) is 0. The molecule has 1 unspecified atom stereocenters. The third kappa shape index (κ3) is 4.12. The van der Waals surface area contributed by atoms with E-state index in [0.29, 0.717) is 13.2 Å². The van der Waals surface area contributed by atoms with Gasteiger partial charge in [-0.15, -0.1) is 0 Å². The molecule has 2 aromatic rings. The van der Waals surface area contributed by atoms with Crippen molar-refractivity contribution in [2.24, 2.45) is 0 Å². The molecule has 0 saturated carbocycles. The molecule has 0 spiro atoms. The summed E-state index contributed by atoms with van der Waals surface area (Å²) in [4.78, 5) is 2.26. The fourth-order valence-corrected chi connectivity index (χ4v) is 2.96. The Bertz CT molecular complexity index is 638. The predicted octanol–water partition coefficient (Wildman–Crippen LogP) is 2.23. The van der Waals surface area contributed by atoms with Gasteiger partial charge < -0.3 is 9.84 Å². The molecule has 23 heavy (non-hydrogen) atoms. The van der Waals surface area contributed by atoms with E-state index in [9.17, 15) is 5.11 Å². The van der Waals surface area contributed by atoms with Gasteiger partial charge in [-0.1, -0.05) is 17.7 Å². The Kier molecular flexibility index (Phi) is 4.68. The number of hydrogen-bond donors (Lipinski definition) is 1. The number of nitrogens with zero attached hydrogens (tertiary/aromatic N) is 3. The summed E-state index contributed by atoms with van der Waals surface area (Å²) in [5.41, 5.74) is 1.62. The fraction of sp³-hybridized carbons (Fsp3) is 0.500. The number of likely N-dealkylation sites (tertiary alicyclic amines) is 1. The highest BCUT2D eigenvalue weighted by Gasteiger charge is 2.36. The monoisotopic (exact) mass is 315 g/mol. The van der Waals surface area contributed by atoms with Crippen molar-refractivity contribution in [2.45, 2.75) is 39.0 Å². The van der Waals surface area contributed by atoms with E-state index < -0.39 is 5.60 Å². The van der Waals surface area contributed by atoms with Gasteiger partial charge in [0.25, 0.3) is 0 Å². The average molecular weight is 315 g/mol. The van der Waals surface area contributed by atoms with E-state index >= 15 is 0 Å². The van der Waals surface area contributed by atoms with Gasteiger partial charge in [0.05, 0.1) is 6.20 Å². The van der Waals surface area contributed by atoms with Crippen LogP contribution in [0.25, 0.3) is 0 Å². The molecule has 1 fully saturated rings. The first-order valence-corrected chi connectivity index (χ1v) is 8.22. The number of ether oxygens (including phenoxy) is 1. The first-order valence-electron chi connectivity index (χ1n) is 8.22. The number of benzene rings is 1. The maximum atomic E-state index is 10.7. The molecule has 0 amide bonds. The fourth-order valence-electron chi connectivity index (χ4n) is 2.96. The van der Waals surface area contributed by atoms with Crippen molar-refractivity contribution in [1.82, 2.24) is 14.7 Å². The molecular formula is C18H25N3O2. The van der Waals surface area contributed by atoms with Gasteiger partial charge in [-0.25, -0.2) is 0 Å². The number of aromatic nitrogens is 2. The van der Waals surface area contributed by atoms with Crippen LogP contribution in [-0.4, -0.2) is 45.1 Å². The molecule has 0 radical (unpaired) electrons. The Hall–Kier alpha value is -1.85.